The van der Waals surface area contributed by atoms with Crippen LogP contribution in [0.1, 0.15) is 22.7 Å². The molecule has 0 spiro atoms. The summed E-state index contributed by atoms with van der Waals surface area (Å²) in [5, 5.41) is 2.98. The minimum Gasteiger partial charge on any atom is -0.309 e. The molecule has 0 fully saturated rings. The van der Waals surface area contributed by atoms with Gasteiger partial charge in [-0.05, 0) is 25.6 Å². The molecule has 94 valence electrons. The number of aromatic nitrogens is 2. The fraction of sp³-hybridized carbons (Fsp3) is 0.231. The van der Waals surface area contributed by atoms with Gasteiger partial charge in [0.2, 0.25) is 0 Å². The van der Waals surface area contributed by atoms with Crippen molar-refractivity contribution in [1.29, 1.82) is 0 Å². The van der Waals surface area contributed by atoms with Crippen LogP contribution in [0, 0.1) is 18.6 Å². The molecular weight excluding hydrogens is 236 g/mol. The van der Waals surface area contributed by atoms with E-state index in [-0.39, 0.29) is 0 Å². The average molecular weight is 249 g/mol. The predicted molar refractivity (Wildman–Crippen MR) is 64.0 cm³/mol. The van der Waals surface area contributed by atoms with E-state index in [4.69, 9.17) is 0 Å². The molecule has 0 amide bonds. The number of nitrogens with zero attached hydrogens (tertiary/aromatic N) is 2. The zero-order chi connectivity index (χ0) is 13.1. The topological polar surface area (TPSA) is 37.8 Å². The predicted octanol–water partition coefficient (Wildman–Crippen LogP) is 2.37. The highest BCUT2D eigenvalue weighted by molar-refractivity contribution is 5.33. The molecule has 1 unspecified atom stereocenters. The first-order valence-electron chi connectivity index (χ1n) is 5.51. The maximum absolute atomic E-state index is 13.8. The molecular formula is C13H13F2N3. The zero-order valence-corrected chi connectivity index (χ0v) is 10.1. The van der Waals surface area contributed by atoms with Crippen LogP contribution in [-0.2, 0) is 0 Å². The molecule has 0 aliphatic heterocycles. The summed E-state index contributed by atoms with van der Waals surface area (Å²) in [6.45, 7) is 1.60. The van der Waals surface area contributed by atoms with Gasteiger partial charge < -0.3 is 5.32 Å². The lowest BCUT2D eigenvalue weighted by Gasteiger charge is -2.17. The van der Waals surface area contributed by atoms with Crippen LogP contribution in [0.3, 0.4) is 0 Å². The smallest absolute Gasteiger partial charge is 0.131 e. The molecule has 0 aliphatic carbocycles. The molecule has 2 aromatic rings. The third-order valence-electron chi connectivity index (χ3n) is 2.79. The van der Waals surface area contributed by atoms with Crippen LogP contribution in [-0.4, -0.2) is 17.0 Å². The van der Waals surface area contributed by atoms with Crippen LogP contribution in [0.4, 0.5) is 8.78 Å². The molecule has 18 heavy (non-hydrogen) atoms. The van der Waals surface area contributed by atoms with Crippen molar-refractivity contribution in [2.24, 2.45) is 0 Å². The van der Waals surface area contributed by atoms with Gasteiger partial charge in [-0.2, -0.15) is 0 Å². The van der Waals surface area contributed by atoms with Gasteiger partial charge in [-0.25, -0.2) is 18.7 Å². The Morgan fingerprint density at radius 2 is 1.78 bits per heavy atom. The molecule has 1 aromatic heterocycles. The summed E-state index contributed by atoms with van der Waals surface area (Å²) >= 11 is 0. The van der Waals surface area contributed by atoms with Crippen LogP contribution >= 0.6 is 0 Å². The van der Waals surface area contributed by atoms with Gasteiger partial charge in [0.05, 0.1) is 6.04 Å². The van der Waals surface area contributed by atoms with Crippen LogP contribution in [0.25, 0.3) is 0 Å². The highest BCUT2D eigenvalue weighted by Gasteiger charge is 2.18. The van der Waals surface area contributed by atoms with E-state index in [0.29, 0.717) is 11.1 Å². The third kappa shape index (κ3) is 2.36. The fourth-order valence-electron chi connectivity index (χ4n) is 1.86. The summed E-state index contributed by atoms with van der Waals surface area (Å²) in [6.07, 6.45) is 4.61. The van der Waals surface area contributed by atoms with Crippen molar-refractivity contribution < 1.29 is 8.78 Å². The number of halogens is 2. The molecule has 5 heteroatoms. The number of hydrogen-bond donors (Lipinski definition) is 1. The van der Waals surface area contributed by atoms with Crippen molar-refractivity contribution in [2.75, 3.05) is 7.05 Å². The molecule has 1 aromatic carbocycles. The van der Waals surface area contributed by atoms with E-state index in [2.05, 4.69) is 15.3 Å². The van der Waals surface area contributed by atoms with Crippen LogP contribution in [0.15, 0.2) is 30.9 Å². The molecule has 1 heterocycles. The maximum Gasteiger partial charge on any atom is 0.131 e. The van der Waals surface area contributed by atoms with Crippen molar-refractivity contribution in [1.82, 2.24) is 15.3 Å². The normalized spacial score (nSPS) is 12.4. The fourth-order valence-corrected chi connectivity index (χ4v) is 1.86. The molecule has 0 radical (unpaired) electrons. The first-order valence-corrected chi connectivity index (χ1v) is 5.51. The van der Waals surface area contributed by atoms with Crippen LogP contribution < -0.4 is 5.32 Å². The van der Waals surface area contributed by atoms with Gasteiger partial charge in [-0.1, -0.05) is 0 Å². The molecule has 2 rings (SSSR count). The van der Waals surface area contributed by atoms with Gasteiger partial charge in [-0.15, -0.1) is 0 Å². The first-order chi connectivity index (χ1) is 8.63. The van der Waals surface area contributed by atoms with Crippen molar-refractivity contribution in [3.63, 3.8) is 0 Å². The van der Waals surface area contributed by atoms with Crippen molar-refractivity contribution >= 4 is 0 Å². The molecule has 1 atom stereocenters. The summed E-state index contributed by atoms with van der Waals surface area (Å²) in [6, 6.07) is 2.00. The number of rotatable bonds is 3. The Bertz CT molecular complexity index is 543. The minimum absolute atomic E-state index is 0.381. The Balaban J connectivity index is 2.49. The summed E-state index contributed by atoms with van der Waals surface area (Å²) in [7, 11) is 1.70. The van der Waals surface area contributed by atoms with E-state index >= 15 is 0 Å². The van der Waals surface area contributed by atoms with E-state index < -0.39 is 17.7 Å². The molecule has 0 saturated carbocycles. The van der Waals surface area contributed by atoms with Crippen molar-refractivity contribution in [2.45, 2.75) is 13.0 Å². The summed E-state index contributed by atoms with van der Waals surface area (Å²) < 4.78 is 27.1. The summed E-state index contributed by atoms with van der Waals surface area (Å²) in [5.74, 6) is -1.13. The van der Waals surface area contributed by atoms with Crippen molar-refractivity contribution in [3.8, 4) is 0 Å². The third-order valence-corrected chi connectivity index (χ3v) is 2.79. The quantitative estimate of drug-likeness (QED) is 0.907. The second kappa shape index (κ2) is 5.18. The average Bonchev–Trinajstić information content (AvgIpc) is 2.38. The number of aryl methyl sites for hydroxylation is 1. The maximum atomic E-state index is 13.8. The van der Waals surface area contributed by atoms with Gasteiger partial charge in [0.1, 0.15) is 18.0 Å². The summed E-state index contributed by atoms with van der Waals surface area (Å²) in [5.41, 5.74) is 1.51. The molecule has 0 aliphatic rings. The van der Waals surface area contributed by atoms with E-state index in [0.717, 1.165) is 11.6 Å². The zero-order valence-electron chi connectivity index (χ0n) is 10.1. The van der Waals surface area contributed by atoms with Crippen molar-refractivity contribution in [3.05, 3.63) is 59.2 Å². The highest BCUT2D eigenvalue weighted by Crippen LogP contribution is 2.25. The van der Waals surface area contributed by atoms with Crippen LogP contribution in [0.5, 0.6) is 0 Å². The highest BCUT2D eigenvalue weighted by atomic mass is 19.1. The molecule has 0 bridgehead atoms. The van der Waals surface area contributed by atoms with Crippen LogP contribution in [0.2, 0.25) is 0 Å². The van der Waals surface area contributed by atoms with E-state index in [1.54, 1.807) is 26.4 Å². The Kier molecular flexibility index (Phi) is 3.62. The second-order valence-corrected chi connectivity index (χ2v) is 4.02. The Hall–Kier alpha value is -1.88. The number of nitrogens with one attached hydrogen (secondary N) is 1. The lowest BCUT2D eigenvalue weighted by molar-refractivity contribution is 0.547. The van der Waals surface area contributed by atoms with Gasteiger partial charge >= 0.3 is 0 Å². The van der Waals surface area contributed by atoms with Gasteiger partial charge in [0.25, 0.3) is 0 Å². The van der Waals surface area contributed by atoms with Gasteiger partial charge in [0.15, 0.2) is 0 Å². The standard InChI is InChI=1S/C13H13F2N3/c1-8-3-10(12(15)4-11(8)14)13(16-2)9-5-17-7-18-6-9/h3-7,13,16H,1-2H3. The lowest BCUT2D eigenvalue weighted by atomic mass is 9.99. The number of hydrogen-bond acceptors (Lipinski definition) is 3. The van der Waals surface area contributed by atoms with E-state index in [9.17, 15) is 8.78 Å². The molecule has 1 N–H and O–H groups in total. The Morgan fingerprint density at radius 3 is 2.39 bits per heavy atom. The molecule has 0 saturated heterocycles. The second-order valence-electron chi connectivity index (χ2n) is 4.02. The Labute approximate surface area is 104 Å². The lowest BCUT2D eigenvalue weighted by Crippen LogP contribution is -2.19. The monoisotopic (exact) mass is 249 g/mol. The SMILES string of the molecule is CNC(c1cncnc1)c1cc(C)c(F)cc1F. The van der Waals surface area contributed by atoms with Gasteiger partial charge in [-0.3, -0.25) is 0 Å². The first kappa shape index (κ1) is 12.6. The Morgan fingerprint density at radius 1 is 1.11 bits per heavy atom. The number of benzene rings is 1. The van der Waals surface area contributed by atoms with E-state index in [1.807, 2.05) is 0 Å². The summed E-state index contributed by atoms with van der Waals surface area (Å²) in [4.78, 5) is 7.80. The van der Waals surface area contributed by atoms with Gasteiger partial charge in [0, 0.05) is 29.6 Å². The largest absolute Gasteiger partial charge is 0.309 e. The minimum atomic E-state index is -0.582. The van der Waals surface area contributed by atoms with E-state index in [1.165, 1.54) is 12.4 Å². The molecule has 3 nitrogen and oxygen atoms in total.